The Balaban J connectivity index is 2.32. The summed E-state index contributed by atoms with van der Waals surface area (Å²) in [4.78, 5) is 11.0. The van der Waals surface area contributed by atoms with E-state index in [2.05, 4.69) is 27.9 Å². The third-order valence-corrected chi connectivity index (χ3v) is 3.26. The van der Waals surface area contributed by atoms with Crippen molar-refractivity contribution in [3.63, 3.8) is 0 Å². The highest BCUT2D eigenvalue weighted by atomic mass is 127. The van der Waals surface area contributed by atoms with E-state index in [0.717, 1.165) is 9.13 Å². The molecule has 14 heavy (non-hydrogen) atoms. The van der Waals surface area contributed by atoms with E-state index in [1.165, 1.54) is 0 Å². The molecule has 1 aliphatic rings. The molecule has 0 unspecified atom stereocenters. The van der Waals surface area contributed by atoms with Crippen LogP contribution in [0.1, 0.15) is 18.5 Å². The van der Waals surface area contributed by atoms with Gasteiger partial charge < -0.3 is 10.1 Å². The number of halogens is 1. The lowest BCUT2D eigenvalue weighted by Crippen LogP contribution is -2.21. The minimum atomic E-state index is -0.331. The SMILES string of the molecule is C[C@H]1OC(=O)N[C@H]1c1ccccc1I. The third-order valence-electron chi connectivity index (χ3n) is 2.28. The number of nitrogens with one attached hydrogen (secondary N) is 1. The van der Waals surface area contributed by atoms with E-state index in [4.69, 9.17) is 4.74 Å². The average Bonchev–Trinajstić information content (AvgIpc) is 2.46. The van der Waals surface area contributed by atoms with Gasteiger partial charge in [-0.25, -0.2) is 4.79 Å². The summed E-state index contributed by atoms with van der Waals surface area (Å²) >= 11 is 2.26. The van der Waals surface area contributed by atoms with E-state index in [0.29, 0.717) is 0 Å². The summed E-state index contributed by atoms with van der Waals surface area (Å²) < 4.78 is 6.18. The molecule has 1 aromatic rings. The molecule has 1 heterocycles. The molecule has 1 saturated heterocycles. The monoisotopic (exact) mass is 303 g/mol. The first-order valence-corrected chi connectivity index (χ1v) is 5.48. The molecular formula is C10H10INO2. The molecule has 0 radical (unpaired) electrons. The summed E-state index contributed by atoms with van der Waals surface area (Å²) in [6, 6.07) is 7.96. The van der Waals surface area contributed by atoms with Crippen molar-refractivity contribution >= 4 is 28.7 Å². The summed E-state index contributed by atoms with van der Waals surface area (Å²) in [7, 11) is 0. The molecule has 3 nitrogen and oxygen atoms in total. The van der Waals surface area contributed by atoms with Crippen LogP contribution in [0.15, 0.2) is 24.3 Å². The number of carbonyl (C=O) groups excluding carboxylic acids is 1. The maximum absolute atomic E-state index is 11.0. The largest absolute Gasteiger partial charge is 0.444 e. The number of hydrogen-bond donors (Lipinski definition) is 1. The molecular weight excluding hydrogens is 293 g/mol. The highest BCUT2D eigenvalue weighted by Gasteiger charge is 2.32. The van der Waals surface area contributed by atoms with Crippen LogP contribution < -0.4 is 5.32 Å². The summed E-state index contributed by atoms with van der Waals surface area (Å²) in [6.07, 6.45) is -0.430. The molecule has 2 atom stereocenters. The van der Waals surface area contributed by atoms with Crippen LogP contribution in [0, 0.1) is 3.57 Å². The van der Waals surface area contributed by atoms with Crippen LogP contribution in [0.2, 0.25) is 0 Å². The summed E-state index contributed by atoms with van der Waals surface area (Å²) in [5, 5.41) is 2.79. The topological polar surface area (TPSA) is 38.3 Å². The summed E-state index contributed by atoms with van der Waals surface area (Å²) in [5.74, 6) is 0. The Morgan fingerprint density at radius 1 is 1.43 bits per heavy atom. The van der Waals surface area contributed by atoms with E-state index in [-0.39, 0.29) is 18.2 Å². The molecule has 1 aliphatic heterocycles. The maximum Gasteiger partial charge on any atom is 0.408 e. The summed E-state index contributed by atoms with van der Waals surface area (Å²) in [6.45, 7) is 1.89. The minimum Gasteiger partial charge on any atom is -0.444 e. The number of ether oxygens (including phenoxy) is 1. The molecule has 2 rings (SSSR count). The Labute approximate surface area is 96.0 Å². The van der Waals surface area contributed by atoms with Crippen LogP contribution in [0.4, 0.5) is 4.79 Å². The lowest BCUT2D eigenvalue weighted by atomic mass is 10.0. The Morgan fingerprint density at radius 3 is 2.71 bits per heavy atom. The van der Waals surface area contributed by atoms with Crippen molar-refractivity contribution in [2.24, 2.45) is 0 Å². The Kier molecular flexibility index (Phi) is 2.62. The van der Waals surface area contributed by atoms with Gasteiger partial charge in [0.15, 0.2) is 0 Å². The molecule has 0 aromatic heterocycles. The minimum absolute atomic E-state index is 0.0180. The standard InChI is InChI=1S/C10H10INO2/c1-6-9(12-10(13)14-6)7-4-2-3-5-8(7)11/h2-6,9H,1H3,(H,12,13)/t6-,9-/m1/s1. The highest BCUT2D eigenvalue weighted by Crippen LogP contribution is 2.27. The first-order valence-electron chi connectivity index (χ1n) is 4.40. The van der Waals surface area contributed by atoms with Gasteiger partial charge in [-0.05, 0) is 41.1 Å². The lowest BCUT2D eigenvalue weighted by molar-refractivity contribution is 0.141. The second kappa shape index (κ2) is 3.76. The van der Waals surface area contributed by atoms with Gasteiger partial charge in [0, 0.05) is 3.57 Å². The first kappa shape index (κ1) is 9.76. The number of carbonyl (C=O) groups is 1. The number of hydrogen-bond acceptors (Lipinski definition) is 2. The van der Waals surface area contributed by atoms with Crippen LogP contribution in [0.25, 0.3) is 0 Å². The smallest absolute Gasteiger partial charge is 0.408 e. The van der Waals surface area contributed by atoms with Gasteiger partial charge in [-0.2, -0.15) is 0 Å². The molecule has 0 bridgehead atoms. The van der Waals surface area contributed by atoms with Crippen LogP contribution in [0.5, 0.6) is 0 Å². The van der Waals surface area contributed by atoms with E-state index < -0.39 is 0 Å². The number of rotatable bonds is 1. The fourth-order valence-corrected chi connectivity index (χ4v) is 2.30. The molecule has 4 heteroatoms. The van der Waals surface area contributed by atoms with E-state index >= 15 is 0 Å². The summed E-state index contributed by atoms with van der Waals surface area (Å²) in [5.41, 5.74) is 1.12. The van der Waals surface area contributed by atoms with Gasteiger partial charge in [-0.3, -0.25) is 0 Å². The fourth-order valence-electron chi connectivity index (χ4n) is 1.57. The van der Waals surface area contributed by atoms with E-state index in [9.17, 15) is 4.79 Å². The number of amides is 1. The van der Waals surface area contributed by atoms with Crippen molar-refractivity contribution in [1.82, 2.24) is 5.32 Å². The second-order valence-electron chi connectivity index (χ2n) is 3.25. The zero-order valence-corrected chi connectivity index (χ0v) is 9.82. The Morgan fingerprint density at radius 2 is 2.14 bits per heavy atom. The van der Waals surface area contributed by atoms with Crippen LogP contribution in [0.3, 0.4) is 0 Å². The molecule has 0 saturated carbocycles. The van der Waals surface area contributed by atoms with E-state index in [1.807, 2.05) is 31.2 Å². The average molecular weight is 303 g/mol. The maximum atomic E-state index is 11.0. The molecule has 0 spiro atoms. The molecule has 0 aliphatic carbocycles. The Hall–Kier alpha value is -0.780. The van der Waals surface area contributed by atoms with Crippen molar-refractivity contribution in [2.45, 2.75) is 19.1 Å². The van der Waals surface area contributed by atoms with Crippen molar-refractivity contribution < 1.29 is 9.53 Å². The van der Waals surface area contributed by atoms with Gasteiger partial charge in [-0.1, -0.05) is 18.2 Å². The van der Waals surface area contributed by atoms with Gasteiger partial charge in [-0.15, -0.1) is 0 Å². The van der Waals surface area contributed by atoms with Gasteiger partial charge in [0.1, 0.15) is 6.10 Å². The first-order chi connectivity index (χ1) is 6.68. The molecule has 74 valence electrons. The zero-order chi connectivity index (χ0) is 10.1. The quantitative estimate of drug-likeness (QED) is 0.809. The second-order valence-corrected chi connectivity index (χ2v) is 4.42. The normalized spacial score (nSPS) is 25.7. The molecule has 1 aromatic carbocycles. The Bertz CT molecular complexity index is 367. The van der Waals surface area contributed by atoms with Crippen LogP contribution >= 0.6 is 22.6 Å². The van der Waals surface area contributed by atoms with E-state index in [1.54, 1.807) is 0 Å². The van der Waals surface area contributed by atoms with Gasteiger partial charge >= 0.3 is 6.09 Å². The zero-order valence-electron chi connectivity index (χ0n) is 7.66. The van der Waals surface area contributed by atoms with Crippen molar-refractivity contribution in [3.05, 3.63) is 33.4 Å². The van der Waals surface area contributed by atoms with Gasteiger partial charge in [0.05, 0.1) is 6.04 Å². The van der Waals surface area contributed by atoms with Crippen molar-refractivity contribution in [2.75, 3.05) is 0 Å². The number of benzene rings is 1. The predicted octanol–water partition coefficient (Wildman–Crippen LogP) is 2.46. The van der Waals surface area contributed by atoms with Crippen LogP contribution in [-0.4, -0.2) is 12.2 Å². The third kappa shape index (κ3) is 1.70. The fraction of sp³-hybridized carbons (Fsp3) is 0.300. The van der Waals surface area contributed by atoms with Gasteiger partial charge in [0.25, 0.3) is 0 Å². The molecule has 1 fully saturated rings. The highest BCUT2D eigenvalue weighted by molar-refractivity contribution is 14.1. The van der Waals surface area contributed by atoms with Crippen molar-refractivity contribution in [1.29, 1.82) is 0 Å². The lowest BCUT2D eigenvalue weighted by Gasteiger charge is -2.14. The van der Waals surface area contributed by atoms with Gasteiger partial charge in [0.2, 0.25) is 0 Å². The molecule has 1 N–H and O–H groups in total. The van der Waals surface area contributed by atoms with Crippen molar-refractivity contribution in [3.8, 4) is 0 Å². The number of cyclic esters (lactones) is 1. The number of alkyl carbamates (subject to hydrolysis) is 1. The predicted molar refractivity (Wildman–Crippen MR) is 61.0 cm³/mol. The van der Waals surface area contributed by atoms with Crippen LogP contribution in [-0.2, 0) is 4.74 Å². The molecule has 1 amide bonds.